The van der Waals surface area contributed by atoms with E-state index in [9.17, 15) is 9.59 Å². The van der Waals surface area contributed by atoms with Crippen molar-refractivity contribution in [2.45, 2.75) is 19.9 Å². The van der Waals surface area contributed by atoms with E-state index in [4.69, 9.17) is 5.11 Å². The smallest absolute Gasteiger partial charge is 0.325 e. The van der Waals surface area contributed by atoms with Crippen LogP contribution in [0.4, 0.5) is 0 Å². The summed E-state index contributed by atoms with van der Waals surface area (Å²) < 4.78 is 1.42. The molecule has 1 aromatic rings. The highest BCUT2D eigenvalue weighted by molar-refractivity contribution is 5.95. The highest BCUT2D eigenvalue weighted by Gasteiger charge is 2.17. The molecular formula is C9H13N3O3. The second kappa shape index (κ2) is 4.12. The molecule has 0 fully saturated rings. The quantitative estimate of drug-likeness (QED) is 0.733. The second-order valence-electron chi connectivity index (χ2n) is 3.33. The zero-order chi connectivity index (χ0) is 11.6. The number of carbonyl (C=O) groups excluding carboxylic acids is 1. The lowest BCUT2D eigenvalue weighted by molar-refractivity contribution is -0.138. The van der Waals surface area contributed by atoms with E-state index in [1.807, 2.05) is 0 Å². The average Bonchev–Trinajstić information content (AvgIpc) is 2.44. The van der Waals surface area contributed by atoms with Gasteiger partial charge in [-0.3, -0.25) is 14.3 Å². The number of aliphatic carboxylic acids is 1. The SMILES string of the molecule is Cc1cc(C(=O)N[C@@H](C)C(=O)O)n(C)n1. The van der Waals surface area contributed by atoms with Crippen molar-refractivity contribution in [2.24, 2.45) is 7.05 Å². The zero-order valence-electron chi connectivity index (χ0n) is 8.81. The Bertz CT molecular complexity index is 397. The van der Waals surface area contributed by atoms with Crippen molar-refractivity contribution in [3.63, 3.8) is 0 Å². The maximum Gasteiger partial charge on any atom is 0.325 e. The molecule has 0 spiro atoms. The van der Waals surface area contributed by atoms with Gasteiger partial charge in [0.15, 0.2) is 0 Å². The van der Waals surface area contributed by atoms with Crippen LogP contribution in [0.15, 0.2) is 6.07 Å². The van der Waals surface area contributed by atoms with Crippen molar-refractivity contribution in [1.82, 2.24) is 15.1 Å². The lowest BCUT2D eigenvalue weighted by Gasteiger charge is -2.08. The summed E-state index contributed by atoms with van der Waals surface area (Å²) in [6.07, 6.45) is 0. The minimum atomic E-state index is -1.07. The topological polar surface area (TPSA) is 84.2 Å². The largest absolute Gasteiger partial charge is 0.480 e. The summed E-state index contributed by atoms with van der Waals surface area (Å²) in [5.41, 5.74) is 1.06. The molecule has 6 heteroatoms. The summed E-state index contributed by atoms with van der Waals surface area (Å²) >= 11 is 0. The molecule has 0 aliphatic rings. The molecule has 15 heavy (non-hydrogen) atoms. The first-order valence-electron chi connectivity index (χ1n) is 4.46. The molecule has 1 heterocycles. The van der Waals surface area contributed by atoms with Crippen LogP contribution in [0.2, 0.25) is 0 Å². The first kappa shape index (κ1) is 11.2. The maximum atomic E-state index is 11.6. The van der Waals surface area contributed by atoms with Crippen LogP contribution in [0, 0.1) is 6.92 Å². The van der Waals surface area contributed by atoms with Crippen LogP contribution in [0.5, 0.6) is 0 Å². The van der Waals surface area contributed by atoms with E-state index >= 15 is 0 Å². The predicted octanol–water partition coefficient (Wildman–Crippen LogP) is -0.0686. The van der Waals surface area contributed by atoms with Gasteiger partial charge in [0.1, 0.15) is 11.7 Å². The van der Waals surface area contributed by atoms with E-state index in [0.717, 1.165) is 0 Å². The molecule has 0 saturated heterocycles. The third kappa shape index (κ3) is 2.55. The van der Waals surface area contributed by atoms with Crippen LogP contribution in [0.3, 0.4) is 0 Å². The summed E-state index contributed by atoms with van der Waals surface area (Å²) in [4.78, 5) is 22.1. The molecular weight excluding hydrogens is 198 g/mol. The first-order valence-corrected chi connectivity index (χ1v) is 4.46. The summed E-state index contributed by atoms with van der Waals surface area (Å²) in [5.74, 6) is -1.50. The fraction of sp³-hybridized carbons (Fsp3) is 0.444. The van der Waals surface area contributed by atoms with Gasteiger partial charge < -0.3 is 10.4 Å². The molecule has 0 saturated carbocycles. The number of nitrogens with zero attached hydrogens (tertiary/aromatic N) is 2. The van der Waals surface area contributed by atoms with Gasteiger partial charge in [0.25, 0.3) is 5.91 Å². The van der Waals surface area contributed by atoms with Gasteiger partial charge in [-0.1, -0.05) is 0 Å². The zero-order valence-corrected chi connectivity index (χ0v) is 8.81. The number of carbonyl (C=O) groups is 2. The molecule has 0 unspecified atom stereocenters. The number of aryl methyl sites for hydroxylation is 2. The Morgan fingerprint density at radius 3 is 2.60 bits per heavy atom. The molecule has 1 amide bonds. The van der Waals surface area contributed by atoms with Crippen molar-refractivity contribution < 1.29 is 14.7 Å². The Hall–Kier alpha value is -1.85. The molecule has 1 rings (SSSR count). The molecule has 0 aliphatic heterocycles. The number of nitrogens with one attached hydrogen (secondary N) is 1. The summed E-state index contributed by atoms with van der Waals surface area (Å²) in [6.45, 7) is 3.17. The van der Waals surface area contributed by atoms with Crippen LogP contribution in [-0.2, 0) is 11.8 Å². The van der Waals surface area contributed by atoms with Crippen LogP contribution in [-0.4, -0.2) is 32.8 Å². The molecule has 1 atom stereocenters. The van der Waals surface area contributed by atoms with E-state index in [0.29, 0.717) is 11.4 Å². The Balaban J connectivity index is 2.77. The van der Waals surface area contributed by atoms with Gasteiger partial charge in [-0.15, -0.1) is 0 Å². The Labute approximate surface area is 86.9 Å². The number of amides is 1. The van der Waals surface area contributed by atoms with Crippen molar-refractivity contribution in [2.75, 3.05) is 0 Å². The summed E-state index contributed by atoms with van der Waals surface area (Å²) in [5, 5.41) is 15.0. The van der Waals surface area contributed by atoms with Crippen molar-refractivity contribution in [3.8, 4) is 0 Å². The van der Waals surface area contributed by atoms with Crippen molar-refractivity contribution >= 4 is 11.9 Å². The highest BCUT2D eigenvalue weighted by Crippen LogP contribution is 2.01. The first-order chi connectivity index (χ1) is 6.91. The predicted molar refractivity (Wildman–Crippen MR) is 52.5 cm³/mol. The van der Waals surface area contributed by atoms with E-state index < -0.39 is 17.9 Å². The molecule has 1 aromatic heterocycles. The van der Waals surface area contributed by atoms with Crippen LogP contribution in [0.1, 0.15) is 23.1 Å². The Kier molecular flexibility index (Phi) is 3.08. The van der Waals surface area contributed by atoms with Gasteiger partial charge in [0, 0.05) is 7.05 Å². The third-order valence-electron chi connectivity index (χ3n) is 1.95. The summed E-state index contributed by atoms with van der Waals surface area (Å²) in [7, 11) is 1.63. The molecule has 0 radical (unpaired) electrons. The number of hydrogen-bond acceptors (Lipinski definition) is 3. The fourth-order valence-corrected chi connectivity index (χ4v) is 1.16. The number of rotatable bonds is 3. The molecule has 0 aliphatic carbocycles. The van der Waals surface area contributed by atoms with E-state index in [2.05, 4.69) is 10.4 Å². The van der Waals surface area contributed by atoms with E-state index in [1.165, 1.54) is 11.6 Å². The lowest BCUT2D eigenvalue weighted by atomic mass is 10.3. The van der Waals surface area contributed by atoms with Gasteiger partial charge in [-0.25, -0.2) is 0 Å². The summed E-state index contributed by atoms with van der Waals surface area (Å²) in [6, 6.07) is 0.692. The molecule has 6 nitrogen and oxygen atoms in total. The lowest BCUT2D eigenvalue weighted by Crippen LogP contribution is -2.39. The number of hydrogen-bond donors (Lipinski definition) is 2. The minimum absolute atomic E-state index is 0.348. The van der Waals surface area contributed by atoms with Crippen LogP contribution >= 0.6 is 0 Å². The fourth-order valence-electron chi connectivity index (χ4n) is 1.16. The van der Waals surface area contributed by atoms with Gasteiger partial charge in [0.2, 0.25) is 0 Å². The monoisotopic (exact) mass is 211 g/mol. The molecule has 82 valence electrons. The van der Waals surface area contributed by atoms with Gasteiger partial charge in [-0.05, 0) is 19.9 Å². The van der Waals surface area contributed by atoms with E-state index in [-0.39, 0.29) is 0 Å². The Morgan fingerprint density at radius 2 is 2.20 bits per heavy atom. The van der Waals surface area contributed by atoms with Crippen molar-refractivity contribution in [1.29, 1.82) is 0 Å². The van der Waals surface area contributed by atoms with Gasteiger partial charge >= 0.3 is 5.97 Å². The maximum absolute atomic E-state index is 11.6. The average molecular weight is 211 g/mol. The second-order valence-corrected chi connectivity index (χ2v) is 3.33. The molecule has 2 N–H and O–H groups in total. The third-order valence-corrected chi connectivity index (χ3v) is 1.95. The van der Waals surface area contributed by atoms with Gasteiger partial charge in [-0.2, -0.15) is 5.10 Å². The highest BCUT2D eigenvalue weighted by atomic mass is 16.4. The minimum Gasteiger partial charge on any atom is -0.480 e. The van der Waals surface area contributed by atoms with E-state index in [1.54, 1.807) is 20.0 Å². The number of carboxylic acids is 1. The molecule has 0 aromatic carbocycles. The van der Waals surface area contributed by atoms with Gasteiger partial charge in [0.05, 0.1) is 5.69 Å². The van der Waals surface area contributed by atoms with Crippen LogP contribution < -0.4 is 5.32 Å². The molecule has 0 bridgehead atoms. The number of carboxylic acid groups (broad SMARTS) is 1. The number of aromatic nitrogens is 2. The van der Waals surface area contributed by atoms with Crippen LogP contribution in [0.25, 0.3) is 0 Å². The van der Waals surface area contributed by atoms with Crippen molar-refractivity contribution in [3.05, 3.63) is 17.5 Å². The normalized spacial score (nSPS) is 12.2. The Morgan fingerprint density at radius 1 is 1.60 bits per heavy atom. The standard InChI is InChI=1S/C9H13N3O3/c1-5-4-7(12(3)11-5)8(13)10-6(2)9(14)15/h4,6H,1-3H3,(H,10,13)(H,14,15)/t6-/m0/s1.